The number of ether oxygens (including phenoxy) is 1. The molecule has 2 heterocycles. The van der Waals surface area contributed by atoms with Crippen LogP contribution in [0.3, 0.4) is 0 Å². The highest BCUT2D eigenvalue weighted by atomic mass is 19.3. The van der Waals surface area contributed by atoms with E-state index in [0.29, 0.717) is 6.54 Å². The van der Waals surface area contributed by atoms with Crippen molar-refractivity contribution in [3.8, 4) is 5.75 Å². The first kappa shape index (κ1) is 17.0. The number of nitrogens with one attached hydrogen (secondary N) is 1. The summed E-state index contributed by atoms with van der Waals surface area (Å²) in [7, 11) is 0. The molecule has 8 heteroatoms. The minimum absolute atomic E-state index is 0.0198. The van der Waals surface area contributed by atoms with Crippen LogP contribution >= 0.6 is 0 Å². The van der Waals surface area contributed by atoms with E-state index >= 15 is 0 Å². The molecule has 2 fully saturated rings. The summed E-state index contributed by atoms with van der Waals surface area (Å²) in [5.41, 5.74) is -0.114. The van der Waals surface area contributed by atoms with Crippen LogP contribution in [-0.2, 0) is 0 Å². The molecule has 3 rings (SSSR count). The SMILES string of the molecule is O=C(c1ccccc1OC(F)(F)C(F)F)N1[C@H]2CCNC[C@@H]1CC2. The lowest BCUT2D eigenvalue weighted by Crippen LogP contribution is -2.43. The van der Waals surface area contributed by atoms with E-state index in [1.165, 1.54) is 18.2 Å². The number of para-hydroxylation sites is 1. The minimum Gasteiger partial charge on any atom is -0.427 e. The van der Waals surface area contributed by atoms with E-state index in [4.69, 9.17) is 0 Å². The molecule has 1 aromatic rings. The van der Waals surface area contributed by atoms with Crippen molar-refractivity contribution >= 4 is 5.91 Å². The summed E-state index contributed by atoms with van der Waals surface area (Å²) >= 11 is 0. The van der Waals surface area contributed by atoms with E-state index in [2.05, 4.69) is 10.1 Å². The van der Waals surface area contributed by atoms with E-state index in [0.717, 1.165) is 31.9 Å². The van der Waals surface area contributed by atoms with Crippen molar-refractivity contribution in [1.82, 2.24) is 10.2 Å². The summed E-state index contributed by atoms with van der Waals surface area (Å²) in [4.78, 5) is 14.6. The molecule has 2 atom stereocenters. The predicted octanol–water partition coefficient (Wildman–Crippen LogP) is 2.89. The maximum atomic E-state index is 13.2. The molecular formula is C16H18F4N2O2. The summed E-state index contributed by atoms with van der Waals surface area (Å²) in [6.07, 6.45) is -6.15. The minimum atomic E-state index is -4.64. The fourth-order valence-electron chi connectivity index (χ4n) is 3.38. The maximum absolute atomic E-state index is 13.2. The van der Waals surface area contributed by atoms with Gasteiger partial charge in [0.05, 0.1) is 5.56 Å². The number of hydrogen-bond acceptors (Lipinski definition) is 3. The van der Waals surface area contributed by atoms with Crippen LogP contribution < -0.4 is 10.1 Å². The van der Waals surface area contributed by atoms with Gasteiger partial charge in [-0.15, -0.1) is 0 Å². The molecule has 1 N–H and O–H groups in total. The van der Waals surface area contributed by atoms with E-state index in [1.807, 2.05) is 0 Å². The summed E-state index contributed by atoms with van der Waals surface area (Å²) in [5.74, 6) is -0.976. The highest BCUT2D eigenvalue weighted by molar-refractivity contribution is 5.97. The summed E-state index contributed by atoms with van der Waals surface area (Å²) in [6.45, 7) is 1.42. The van der Waals surface area contributed by atoms with E-state index in [9.17, 15) is 22.4 Å². The molecule has 24 heavy (non-hydrogen) atoms. The summed E-state index contributed by atoms with van der Waals surface area (Å²) in [5, 5.41) is 3.24. The fraction of sp³-hybridized carbons (Fsp3) is 0.562. The molecule has 1 amide bonds. The molecule has 4 nitrogen and oxygen atoms in total. The Hall–Kier alpha value is -1.83. The quantitative estimate of drug-likeness (QED) is 0.853. The topological polar surface area (TPSA) is 41.6 Å². The number of carbonyl (C=O) groups is 1. The first-order valence-electron chi connectivity index (χ1n) is 7.87. The van der Waals surface area contributed by atoms with Gasteiger partial charge in [-0.1, -0.05) is 12.1 Å². The van der Waals surface area contributed by atoms with Gasteiger partial charge in [-0.25, -0.2) is 0 Å². The van der Waals surface area contributed by atoms with Crippen LogP contribution in [0, 0.1) is 0 Å². The Morgan fingerprint density at radius 3 is 2.67 bits per heavy atom. The highest BCUT2D eigenvalue weighted by Crippen LogP contribution is 2.34. The van der Waals surface area contributed by atoms with Crippen LogP contribution in [-0.4, -0.2) is 48.5 Å². The molecule has 0 aliphatic carbocycles. The second-order valence-electron chi connectivity index (χ2n) is 6.05. The Morgan fingerprint density at radius 2 is 1.92 bits per heavy atom. The van der Waals surface area contributed by atoms with Crippen molar-refractivity contribution < 1.29 is 27.1 Å². The molecule has 2 saturated heterocycles. The molecule has 2 aliphatic heterocycles. The van der Waals surface area contributed by atoms with Crippen molar-refractivity contribution in [3.05, 3.63) is 29.8 Å². The zero-order valence-corrected chi connectivity index (χ0v) is 12.9. The average Bonchev–Trinajstić information content (AvgIpc) is 2.79. The third-order valence-electron chi connectivity index (χ3n) is 4.51. The lowest BCUT2D eigenvalue weighted by molar-refractivity contribution is -0.253. The zero-order valence-electron chi connectivity index (χ0n) is 12.9. The van der Waals surface area contributed by atoms with E-state index < -0.39 is 24.2 Å². The second kappa shape index (κ2) is 6.58. The monoisotopic (exact) mass is 346 g/mol. The van der Waals surface area contributed by atoms with Crippen molar-refractivity contribution in [2.24, 2.45) is 0 Å². The summed E-state index contributed by atoms with van der Waals surface area (Å²) in [6, 6.07) is 5.32. The average molecular weight is 346 g/mol. The standard InChI is InChI=1S/C16H18F4N2O2/c17-15(18)16(19,20)24-13-4-2-1-3-12(13)14(23)22-10-5-6-11(22)9-21-8-7-10/h1-4,10-11,15,21H,5-9H2/t10-,11+/m1/s1. The first-order chi connectivity index (χ1) is 11.4. The molecule has 2 aliphatic rings. The Balaban J connectivity index is 1.88. The molecule has 0 unspecified atom stereocenters. The molecule has 1 aromatic carbocycles. The largest absolute Gasteiger partial charge is 0.461 e. The third-order valence-corrected chi connectivity index (χ3v) is 4.51. The van der Waals surface area contributed by atoms with Crippen LogP contribution in [0.15, 0.2) is 24.3 Å². The van der Waals surface area contributed by atoms with Gasteiger partial charge in [-0.05, 0) is 37.9 Å². The van der Waals surface area contributed by atoms with E-state index in [1.54, 1.807) is 4.90 Å². The molecular weight excluding hydrogens is 328 g/mol. The molecule has 2 bridgehead atoms. The number of amides is 1. The number of alkyl halides is 4. The van der Waals surface area contributed by atoms with Gasteiger partial charge in [0.25, 0.3) is 5.91 Å². The zero-order chi connectivity index (χ0) is 17.3. The van der Waals surface area contributed by atoms with Crippen LogP contribution in [0.4, 0.5) is 17.6 Å². The Kier molecular flexibility index (Phi) is 4.67. The first-order valence-corrected chi connectivity index (χ1v) is 7.87. The van der Waals surface area contributed by atoms with Crippen LogP contribution in [0.5, 0.6) is 5.75 Å². The van der Waals surface area contributed by atoms with Crippen molar-refractivity contribution in [2.75, 3.05) is 13.1 Å². The van der Waals surface area contributed by atoms with Gasteiger partial charge in [0.15, 0.2) is 0 Å². The summed E-state index contributed by atoms with van der Waals surface area (Å²) < 4.78 is 55.5. The lowest BCUT2D eigenvalue weighted by Gasteiger charge is -2.29. The Morgan fingerprint density at radius 1 is 1.21 bits per heavy atom. The van der Waals surface area contributed by atoms with Gasteiger partial charge >= 0.3 is 12.5 Å². The number of fused-ring (bicyclic) bond motifs is 2. The maximum Gasteiger partial charge on any atom is 0.461 e. The number of benzene rings is 1. The van der Waals surface area contributed by atoms with Gasteiger partial charge in [0.1, 0.15) is 5.75 Å². The molecule has 132 valence electrons. The van der Waals surface area contributed by atoms with Crippen LogP contribution in [0.2, 0.25) is 0 Å². The smallest absolute Gasteiger partial charge is 0.427 e. The Bertz CT molecular complexity index is 597. The fourth-order valence-corrected chi connectivity index (χ4v) is 3.38. The van der Waals surface area contributed by atoms with Gasteiger partial charge < -0.3 is 15.0 Å². The third kappa shape index (κ3) is 3.19. The van der Waals surface area contributed by atoms with Gasteiger partial charge in [0.2, 0.25) is 0 Å². The number of rotatable bonds is 4. The molecule has 0 aromatic heterocycles. The van der Waals surface area contributed by atoms with Crippen molar-refractivity contribution in [2.45, 2.75) is 43.9 Å². The number of carbonyl (C=O) groups excluding carboxylic acids is 1. The van der Waals surface area contributed by atoms with Gasteiger partial charge in [0, 0.05) is 18.6 Å². The molecule has 0 radical (unpaired) electrons. The number of nitrogens with zero attached hydrogens (tertiary/aromatic N) is 1. The number of hydrogen-bond donors (Lipinski definition) is 1. The van der Waals surface area contributed by atoms with Crippen molar-refractivity contribution in [1.29, 1.82) is 0 Å². The predicted molar refractivity (Wildman–Crippen MR) is 78.5 cm³/mol. The van der Waals surface area contributed by atoms with E-state index in [-0.39, 0.29) is 17.6 Å². The van der Waals surface area contributed by atoms with Crippen LogP contribution in [0.1, 0.15) is 29.6 Å². The molecule has 0 saturated carbocycles. The second-order valence-corrected chi connectivity index (χ2v) is 6.05. The van der Waals surface area contributed by atoms with Crippen LogP contribution in [0.25, 0.3) is 0 Å². The van der Waals surface area contributed by atoms with Gasteiger partial charge in [-0.3, -0.25) is 4.79 Å². The molecule has 0 spiro atoms. The highest BCUT2D eigenvalue weighted by Gasteiger charge is 2.45. The normalized spacial score (nSPS) is 24.1. The van der Waals surface area contributed by atoms with Crippen molar-refractivity contribution in [3.63, 3.8) is 0 Å². The lowest BCUT2D eigenvalue weighted by atomic mass is 10.1. The van der Waals surface area contributed by atoms with Gasteiger partial charge in [-0.2, -0.15) is 17.6 Å². The Labute approximate surface area is 136 Å². The number of halogens is 4.